The second-order valence-electron chi connectivity index (χ2n) is 7.72. The quantitative estimate of drug-likeness (QED) is 0.642. The van der Waals surface area contributed by atoms with Gasteiger partial charge in [-0.3, -0.25) is 0 Å². The molecule has 0 fully saturated rings. The summed E-state index contributed by atoms with van der Waals surface area (Å²) in [5.41, 5.74) is 3.99. The van der Waals surface area contributed by atoms with E-state index in [0.717, 1.165) is 5.56 Å². The molecule has 0 unspecified atom stereocenters. The lowest BCUT2D eigenvalue weighted by molar-refractivity contribution is -0.132. The summed E-state index contributed by atoms with van der Waals surface area (Å²) in [5, 5.41) is 18.0. The summed E-state index contributed by atoms with van der Waals surface area (Å²) in [7, 11) is 0. The van der Waals surface area contributed by atoms with Gasteiger partial charge in [-0.2, -0.15) is 5.26 Å². The molecule has 1 aromatic rings. The maximum atomic E-state index is 11.1. The van der Waals surface area contributed by atoms with Gasteiger partial charge < -0.3 is 5.11 Å². The zero-order chi connectivity index (χ0) is 17.3. The lowest BCUT2D eigenvalue weighted by atomic mass is 9.75. The lowest BCUT2D eigenvalue weighted by Gasteiger charge is -2.29. The first-order valence-corrected chi connectivity index (χ1v) is 7.38. The second-order valence-corrected chi connectivity index (χ2v) is 7.72. The normalized spacial score (nSPS) is 12.9. The minimum Gasteiger partial charge on any atom is -0.477 e. The maximum Gasteiger partial charge on any atom is 0.346 e. The number of carbonyl (C=O) groups is 1. The fourth-order valence-corrected chi connectivity index (χ4v) is 2.69. The van der Waals surface area contributed by atoms with E-state index in [-0.39, 0.29) is 16.4 Å². The first-order chi connectivity index (χ1) is 9.87. The average molecular weight is 299 g/mol. The van der Waals surface area contributed by atoms with Crippen LogP contribution in [-0.2, 0) is 15.6 Å². The molecule has 1 aromatic carbocycles. The third-order valence-corrected chi connectivity index (χ3v) is 3.71. The van der Waals surface area contributed by atoms with Crippen molar-refractivity contribution in [3.05, 3.63) is 40.0 Å². The third-order valence-electron chi connectivity index (χ3n) is 3.71. The summed E-state index contributed by atoms with van der Waals surface area (Å²) < 4.78 is 0. The van der Waals surface area contributed by atoms with Crippen LogP contribution in [0.4, 0.5) is 0 Å². The lowest BCUT2D eigenvalue weighted by Crippen LogP contribution is -2.20. The van der Waals surface area contributed by atoms with E-state index < -0.39 is 5.97 Å². The summed E-state index contributed by atoms with van der Waals surface area (Å²) in [4.78, 5) is 11.1. The molecule has 0 heterocycles. The largest absolute Gasteiger partial charge is 0.477 e. The minimum absolute atomic E-state index is 0.0516. The van der Waals surface area contributed by atoms with Crippen LogP contribution in [0.15, 0.2) is 17.7 Å². The molecule has 0 aliphatic rings. The van der Waals surface area contributed by atoms with E-state index >= 15 is 0 Å². The Morgan fingerprint density at radius 2 is 1.50 bits per heavy atom. The van der Waals surface area contributed by atoms with E-state index in [4.69, 9.17) is 10.4 Å². The smallest absolute Gasteiger partial charge is 0.346 e. The highest BCUT2D eigenvalue weighted by molar-refractivity contribution is 5.96. The average Bonchev–Trinajstić information content (AvgIpc) is 2.34. The van der Waals surface area contributed by atoms with Crippen LogP contribution in [0.3, 0.4) is 0 Å². The number of benzene rings is 1. The summed E-state index contributed by atoms with van der Waals surface area (Å²) in [5.74, 6) is -1.20. The minimum atomic E-state index is -1.20. The van der Waals surface area contributed by atoms with Gasteiger partial charge in [-0.1, -0.05) is 53.7 Å². The molecule has 0 aliphatic carbocycles. The van der Waals surface area contributed by atoms with Crippen LogP contribution in [0.2, 0.25) is 0 Å². The fraction of sp³-hybridized carbons (Fsp3) is 0.474. The van der Waals surface area contributed by atoms with Gasteiger partial charge in [0.2, 0.25) is 0 Å². The Kier molecular flexibility index (Phi) is 4.87. The van der Waals surface area contributed by atoms with E-state index in [2.05, 4.69) is 48.5 Å². The summed E-state index contributed by atoms with van der Waals surface area (Å²) in [6.45, 7) is 14.9. The highest BCUT2D eigenvalue weighted by Gasteiger charge is 2.24. The predicted molar refractivity (Wildman–Crippen MR) is 89.8 cm³/mol. The molecule has 0 aliphatic heterocycles. The number of carboxylic acids is 1. The maximum absolute atomic E-state index is 11.1. The molecule has 1 rings (SSSR count). The number of aliphatic carboxylic acids is 1. The van der Waals surface area contributed by atoms with E-state index in [1.54, 1.807) is 6.07 Å². The molecule has 0 spiro atoms. The van der Waals surface area contributed by atoms with Crippen molar-refractivity contribution in [1.82, 2.24) is 0 Å². The van der Waals surface area contributed by atoms with Crippen LogP contribution in [0, 0.1) is 18.3 Å². The Balaban J connectivity index is 3.70. The van der Waals surface area contributed by atoms with Crippen LogP contribution in [-0.4, -0.2) is 11.1 Å². The monoisotopic (exact) mass is 299 g/mol. The SMILES string of the molecule is Cc1c(C(C)(C)C)cc(C=C(C#N)C(=O)O)cc1C(C)(C)C. The molecule has 22 heavy (non-hydrogen) atoms. The molecule has 118 valence electrons. The molecule has 1 N–H and O–H groups in total. The van der Waals surface area contributed by atoms with E-state index in [0.29, 0.717) is 0 Å². The van der Waals surface area contributed by atoms with Gasteiger partial charge in [0.25, 0.3) is 0 Å². The van der Waals surface area contributed by atoms with Crippen molar-refractivity contribution in [3.63, 3.8) is 0 Å². The van der Waals surface area contributed by atoms with Crippen molar-refractivity contribution in [2.75, 3.05) is 0 Å². The molecule has 0 atom stereocenters. The van der Waals surface area contributed by atoms with Gasteiger partial charge in [0.15, 0.2) is 0 Å². The van der Waals surface area contributed by atoms with Crippen LogP contribution < -0.4 is 0 Å². The first-order valence-electron chi connectivity index (χ1n) is 7.38. The topological polar surface area (TPSA) is 61.1 Å². The third kappa shape index (κ3) is 3.98. The van der Waals surface area contributed by atoms with Crippen molar-refractivity contribution >= 4 is 12.0 Å². The van der Waals surface area contributed by atoms with Crippen molar-refractivity contribution < 1.29 is 9.90 Å². The van der Waals surface area contributed by atoms with Gasteiger partial charge in [-0.05, 0) is 46.1 Å². The zero-order valence-electron chi connectivity index (χ0n) is 14.5. The number of carboxylic acid groups (broad SMARTS) is 1. The molecule has 3 nitrogen and oxygen atoms in total. The molecule has 3 heteroatoms. The van der Waals surface area contributed by atoms with Crippen molar-refractivity contribution in [1.29, 1.82) is 5.26 Å². The highest BCUT2D eigenvalue weighted by Crippen LogP contribution is 2.35. The van der Waals surface area contributed by atoms with Gasteiger partial charge in [-0.25, -0.2) is 4.79 Å². The Hall–Kier alpha value is -2.08. The Bertz CT molecular complexity index is 627. The van der Waals surface area contributed by atoms with Crippen LogP contribution in [0.25, 0.3) is 6.08 Å². The van der Waals surface area contributed by atoms with Gasteiger partial charge in [0.1, 0.15) is 11.6 Å². The first kappa shape index (κ1) is 18.0. The second kappa shape index (κ2) is 5.96. The van der Waals surface area contributed by atoms with Gasteiger partial charge in [0, 0.05) is 0 Å². The van der Waals surface area contributed by atoms with Crippen molar-refractivity contribution in [3.8, 4) is 6.07 Å². The molecular formula is C19H25NO2. The van der Waals surface area contributed by atoms with Gasteiger partial charge in [0.05, 0.1) is 0 Å². The number of rotatable bonds is 2. The Labute approximate surface area is 133 Å². The highest BCUT2D eigenvalue weighted by atomic mass is 16.4. The molecule has 0 aromatic heterocycles. The Morgan fingerprint density at radius 3 is 1.77 bits per heavy atom. The van der Waals surface area contributed by atoms with Crippen LogP contribution in [0.1, 0.15) is 63.8 Å². The molecule has 0 saturated carbocycles. The molecule has 0 saturated heterocycles. The summed E-state index contributed by atoms with van der Waals surface area (Å²) in [6.07, 6.45) is 1.45. The van der Waals surface area contributed by atoms with E-state index in [1.807, 2.05) is 12.1 Å². The molecule has 0 bridgehead atoms. The van der Waals surface area contributed by atoms with E-state index in [1.165, 1.54) is 22.8 Å². The van der Waals surface area contributed by atoms with Gasteiger partial charge >= 0.3 is 5.97 Å². The van der Waals surface area contributed by atoms with Gasteiger partial charge in [-0.15, -0.1) is 0 Å². The number of nitrogens with zero attached hydrogens (tertiary/aromatic N) is 1. The predicted octanol–water partition coefficient (Wildman–Crippen LogP) is 4.58. The standard InChI is InChI=1S/C19H25NO2/c1-12-15(18(2,3)4)9-13(8-14(11-20)17(21)22)10-16(12)19(5,6)7/h8-10H,1-7H3,(H,21,22). The Morgan fingerprint density at radius 1 is 1.09 bits per heavy atom. The van der Waals surface area contributed by atoms with E-state index in [9.17, 15) is 4.79 Å². The number of nitriles is 1. The number of hydrogen-bond donors (Lipinski definition) is 1. The molecule has 0 amide bonds. The molecular weight excluding hydrogens is 274 g/mol. The summed E-state index contributed by atoms with van der Waals surface area (Å²) in [6, 6.07) is 5.72. The van der Waals surface area contributed by atoms with Crippen LogP contribution >= 0.6 is 0 Å². The van der Waals surface area contributed by atoms with Crippen LogP contribution in [0.5, 0.6) is 0 Å². The van der Waals surface area contributed by atoms with Crippen molar-refractivity contribution in [2.45, 2.75) is 59.3 Å². The van der Waals surface area contributed by atoms with Crippen molar-refractivity contribution in [2.24, 2.45) is 0 Å². The number of hydrogen-bond acceptors (Lipinski definition) is 2. The molecule has 0 radical (unpaired) electrons. The summed E-state index contributed by atoms with van der Waals surface area (Å²) >= 11 is 0. The zero-order valence-corrected chi connectivity index (χ0v) is 14.5. The fourth-order valence-electron chi connectivity index (χ4n) is 2.69.